The number of hydrogen-bond acceptors (Lipinski definition) is 7. The van der Waals surface area contributed by atoms with Gasteiger partial charge in [-0.2, -0.15) is 4.72 Å². The SMILES string of the molecule is COc1cc2ccc(S(=O)(=O)N[C@H]3CCN([C@H](Cc4ccc(C(=N)N)cc4)C(=O)N4CCCCC4)C3=O)cc2cc1OC. The minimum atomic E-state index is -4.06. The molecule has 5 rings (SSSR count). The monoisotopic (exact) mass is 607 g/mol. The van der Waals surface area contributed by atoms with E-state index in [9.17, 15) is 18.0 Å². The summed E-state index contributed by atoms with van der Waals surface area (Å²) >= 11 is 0. The molecule has 2 aliphatic heterocycles. The number of likely N-dealkylation sites (tertiary alicyclic amines) is 2. The molecule has 43 heavy (non-hydrogen) atoms. The molecule has 2 heterocycles. The van der Waals surface area contributed by atoms with Crippen LogP contribution in [0.5, 0.6) is 11.5 Å². The Balaban J connectivity index is 1.37. The number of nitrogens with one attached hydrogen (secondary N) is 2. The van der Waals surface area contributed by atoms with Gasteiger partial charge in [0, 0.05) is 31.6 Å². The first-order valence-corrected chi connectivity index (χ1v) is 15.8. The van der Waals surface area contributed by atoms with Crippen LogP contribution in [0.25, 0.3) is 10.8 Å². The lowest BCUT2D eigenvalue weighted by Crippen LogP contribution is -2.53. The van der Waals surface area contributed by atoms with Gasteiger partial charge in [-0.1, -0.05) is 30.3 Å². The molecule has 11 nitrogen and oxygen atoms in total. The molecule has 4 N–H and O–H groups in total. The van der Waals surface area contributed by atoms with Crippen LogP contribution in [0.4, 0.5) is 0 Å². The number of amides is 2. The summed E-state index contributed by atoms with van der Waals surface area (Å²) in [5, 5.41) is 9.05. The number of rotatable bonds is 10. The summed E-state index contributed by atoms with van der Waals surface area (Å²) in [4.78, 5) is 30.8. The highest BCUT2D eigenvalue weighted by Gasteiger charge is 2.42. The Bertz CT molecular complexity index is 1640. The van der Waals surface area contributed by atoms with E-state index < -0.39 is 28.0 Å². The van der Waals surface area contributed by atoms with E-state index in [-0.39, 0.29) is 36.0 Å². The fourth-order valence-electron chi connectivity index (χ4n) is 5.80. The van der Waals surface area contributed by atoms with E-state index in [2.05, 4.69) is 4.72 Å². The zero-order chi connectivity index (χ0) is 30.7. The first-order chi connectivity index (χ1) is 20.6. The van der Waals surface area contributed by atoms with Crippen molar-refractivity contribution >= 4 is 38.4 Å². The number of fused-ring (bicyclic) bond motifs is 1. The van der Waals surface area contributed by atoms with Crippen LogP contribution in [0.3, 0.4) is 0 Å². The van der Waals surface area contributed by atoms with Gasteiger partial charge in [-0.25, -0.2) is 8.42 Å². The molecule has 0 radical (unpaired) electrons. The zero-order valence-corrected chi connectivity index (χ0v) is 25.2. The standard InChI is InChI=1S/C31H37N5O6S/c1-41-27-18-22-10-11-24(17-23(22)19-28(27)42-2)43(39,40)34-25-12-15-36(30(25)37)26(31(38)35-13-4-3-5-14-35)16-20-6-8-21(9-7-20)29(32)33/h6-11,17-19,25-26,34H,3-5,12-16H2,1-2H3,(H3,32,33)/t25-,26+/m0/s1. The number of piperidine rings is 1. The second kappa shape index (κ2) is 12.6. The molecule has 0 aliphatic carbocycles. The Hall–Kier alpha value is -4.16. The number of carbonyl (C=O) groups is 2. The van der Waals surface area contributed by atoms with Crippen LogP contribution in [0.15, 0.2) is 59.5 Å². The predicted octanol–water partition coefficient (Wildman–Crippen LogP) is 2.64. The average Bonchev–Trinajstić information content (AvgIpc) is 3.37. The van der Waals surface area contributed by atoms with E-state index in [0.717, 1.165) is 30.2 Å². The fourth-order valence-corrected chi connectivity index (χ4v) is 7.05. The van der Waals surface area contributed by atoms with Crippen molar-refractivity contribution in [1.82, 2.24) is 14.5 Å². The fraction of sp³-hybridized carbons (Fsp3) is 0.387. The Labute approximate surface area is 251 Å². The van der Waals surface area contributed by atoms with Crippen molar-refractivity contribution in [2.75, 3.05) is 33.9 Å². The summed E-state index contributed by atoms with van der Waals surface area (Å²) in [6.45, 7) is 1.52. The lowest BCUT2D eigenvalue weighted by Gasteiger charge is -2.34. The van der Waals surface area contributed by atoms with Crippen molar-refractivity contribution < 1.29 is 27.5 Å². The Morgan fingerprint density at radius 3 is 2.26 bits per heavy atom. The largest absolute Gasteiger partial charge is 0.493 e. The molecule has 0 spiro atoms. The topological polar surface area (TPSA) is 155 Å². The number of nitrogens with two attached hydrogens (primary N) is 1. The predicted molar refractivity (Wildman–Crippen MR) is 163 cm³/mol. The quantitative estimate of drug-likeness (QED) is 0.236. The maximum atomic E-state index is 13.8. The second-order valence-electron chi connectivity index (χ2n) is 10.9. The molecular weight excluding hydrogens is 570 g/mol. The number of ether oxygens (including phenoxy) is 2. The molecule has 3 aromatic carbocycles. The number of carbonyl (C=O) groups excluding carboxylic acids is 2. The third kappa shape index (κ3) is 6.45. The lowest BCUT2D eigenvalue weighted by molar-refractivity contribution is -0.144. The van der Waals surface area contributed by atoms with E-state index in [0.29, 0.717) is 35.5 Å². The van der Waals surface area contributed by atoms with Crippen LogP contribution in [0.2, 0.25) is 0 Å². The van der Waals surface area contributed by atoms with Crippen molar-refractivity contribution in [3.8, 4) is 11.5 Å². The highest BCUT2D eigenvalue weighted by Crippen LogP contribution is 2.33. The van der Waals surface area contributed by atoms with Gasteiger partial charge in [-0.15, -0.1) is 0 Å². The summed E-state index contributed by atoms with van der Waals surface area (Å²) in [6.07, 6.45) is 3.39. The van der Waals surface area contributed by atoms with E-state index in [1.54, 1.807) is 47.4 Å². The van der Waals surface area contributed by atoms with Gasteiger partial charge in [0.25, 0.3) is 0 Å². The third-order valence-corrected chi connectivity index (χ3v) is 9.65. The van der Waals surface area contributed by atoms with Crippen molar-refractivity contribution in [3.63, 3.8) is 0 Å². The van der Waals surface area contributed by atoms with Gasteiger partial charge in [0.2, 0.25) is 21.8 Å². The molecule has 228 valence electrons. The molecule has 2 atom stereocenters. The molecule has 2 aliphatic rings. The van der Waals surface area contributed by atoms with Crippen LogP contribution < -0.4 is 19.9 Å². The van der Waals surface area contributed by atoms with Crippen LogP contribution >= 0.6 is 0 Å². The third-order valence-electron chi connectivity index (χ3n) is 8.18. The summed E-state index contributed by atoms with van der Waals surface area (Å²) in [5.74, 6) is 0.392. The Morgan fingerprint density at radius 2 is 1.63 bits per heavy atom. The molecule has 3 aromatic rings. The summed E-state index contributed by atoms with van der Waals surface area (Å²) in [7, 11) is -1.02. The zero-order valence-electron chi connectivity index (χ0n) is 24.3. The molecular formula is C31H37N5O6S. The molecule has 12 heteroatoms. The summed E-state index contributed by atoms with van der Waals surface area (Å²) in [5.41, 5.74) is 6.98. The summed E-state index contributed by atoms with van der Waals surface area (Å²) < 4.78 is 40.2. The lowest BCUT2D eigenvalue weighted by atomic mass is 10.0. The Kier molecular flexibility index (Phi) is 8.88. The first-order valence-electron chi connectivity index (χ1n) is 14.3. The minimum absolute atomic E-state index is 0.0185. The highest BCUT2D eigenvalue weighted by atomic mass is 32.2. The average molecular weight is 608 g/mol. The number of nitrogens with zero attached hydrogens (tertiary/aromatic N) is 2. The Morgan fingerprint density at radius 1 is 0.977 bits per heavy atom. The number of methoxy groups -OCH3 is 2. The molecule has 0 unspecified atom stereocenters. The van der Waals surface area contributed by atoms with Gasteiger partial charge in [-0.05, 0) is 66.3 Å². The van der Waals surface area contributed by atoms with Crippen molar-refractivity contribution in [1.29, 1.82) is 5.41 Å². The van der Waals surface area contributed by atoms with E-state index in [1.807, 2.05) is 0 Å². The van der Waals surface area contributed by atoms with E-state index in [4.69, 9.17) is 20.6 Å². The smallest absolute Gasteiger partial charge is 0.245 e. The van der Waals surface area contributed by atoms with Gasteiger partial charge < -0.3 is 25.0 Å². The van der Waals surface area contributed by atoms with Crippen LogP contribution in [0, 0.1) is 5.41 Å². The van der Waals surface area contributed by atoms with Gasteiger partial charge in [0.05, 0.1) is 19.1 Å². The van der Waals surface area contributed by atoms with E-state index in [1.165, 1.54) is 31.3 Å². The van der Waals surface area contributed by atoms with Gasteiger partial charge in [0.15, 0.2) is 11.5 Å². The van der Waals surface area contributed by atoms with E-state index >= 15 is 0 Å². The van der Waals surface area contributed by atoms with Crippen molar-refractivity contribution in [2.45, 2.75) is 49.1 Å². The number of benzene rings is 3. The van der Waals surface area contributed by atoms with Crippen molar-refractivity contribution in [3.05, 3.63) is 65.7 Å². The maximum absolute atomic E-state index is 13.8. The second-order valence-corrected chi connectivity index (χ2v) is 12.6. The summed E-state index contributed by atoms with van der Waals surface area (Å²) in [6, 6.07) is 13.4. The van der Waals surface area contributed by atoms with Crippen molar-refractivity contribution in [2.24, 2.45) is 5.73 Å². The minimum Gasteiger partial charge on any atom is -0.493 e. The van der Waals surface area contributed by atoms with Gasteiger partial charge >= 0.3 is 0 Å². The van der Waals surface area contributed by atoms with Crippen LogP contribution in [0.1, 0.15) is 36.8 Å². The highest BCUT2D eigenvalue weighted by molar-refractivity contribution is 7.89. The van der Waals surface area contributed by atoms with Gasteiger partial charge in [-0.3, -0.25) is 15.0 Å². The number of hydrogen-bond donors (Lipinski definition) is 3. The molecule has 0 aromatic heterocycles. The normalized spacial score (nSPS) is 18.1. The molecule has 0 bridgehead atoms. The molecule has 0 saturated carbocycles. The molecule has 2 saturated heterocycles. The number of amidine groups is 1. The van der Waals surface area contributed by atoms with Crippen LogP contribution in [-0.4, -0.2) is 81.8 Å². The number of sulfonamides is 1. The molecule has 2 amide bonds. The molecule has 2 fully saturated rings. The maximum Gasteiger partial charge on any atom is 0.245 e. The number of nitrogen functional groups attached to an aromatic ring is 1. The van der Waals surface area contributed by atoms with Crippen LogP contribution in [-0.2, 0) is 26.0 Å². The van der Waals surface area contributed by atoms with Gasteiger partial charge in [0.1, 0.15) is 17.9 Å². The first kappa shape index (κ1) is 30.3.